The molecule has 0 bridgehead atoms. The molecule has 0 fully saturated rings. The maximum atomic E-state index is 13.3. The maximum Gasteiger partial charge on any atom is 0.303 e. The standard InChI is InChI=1S/C21H24ClN3O5S/c1-24-18-9-6-5-8-16(18)21(17-12-11-15(22)14-19(17)31(24,29)30)25(23-28)13-7-3-2-4-10-20(26)27/h5-6,8-9,11-12,14,21H,2-4,7,10,13H2,1H3,(H,26,27)/t21-/m1/s1. The van der Waals surface area contributed by atoms with Crippen LogP contribution in [-0.2, 0) is 14.8 Å². The first-order valence-corrected chi connectivity index (χ1v) is 11.8. The lowest BCUT2D eigenvalue weighted by Crippen LogP contribution is -2.26. The first-order chi connectivity index (χ1) is 14.8. The summed E-state index contributed by atoms with van der Waals surface area (Å²) in [6.07, 6.45) is 2.77. The number of hydrogen-bond donors (Lipinski definition) is 1. The second-order valence-corrected chi connectivity index (χ2v) is 9.79. The topological polar surface area (TPSA) is 107 Å². The summed E-state index contributed by atoms with van der Waals surface area (Å²) in [5, 5.41) is 13.6. The Morgan fingerprint density at radius 3 is 2.55 bits per heavy atom. The third-order valence-electron chi connectivity index (χ3n) is 5.41. The van der Waals surface area contributed by atoms with E-state index in [2.05, 4.69) is 5.29 Å². The van der Waals surface area contributed by atoms with E-state index in [0.29, 0.717) is 36.2 Å². The van der Waals surface area contributed by atoms with Gasteiger partial charge in [-0.15, -0.1) is 4.91 Å². The molecule has 0 unspecified atom stereocenters. The highest BCUT2D eigenvalue weighted by Crippen LogP contribution is 2.43. The van der Waals surface area contributed by atoms with Crippen LogP contribution in [0.4, 0.5) is 5.69 Å². The molecule has 0 amide bonds. The molecule has 10 heteroatoms. The summed E-state index contributed by atoms with van der Waals surface area (Å²) >= 11 is 6.11. The van der Waals surface area contributed by atoms with Crippen molar-refractivity contribution in [1.29, 1.82) is 0 Å². The van der Waals surface area contributed by atoms with Crippen molar-refractivity contribution in [3.63, 3.8) is 0 Å². The fourth-order valence-corrected chi connectivity index (χ4v) is 5.56. The van der Waals surface area contributed by atoms with Gasteiger partial charge < -0.3 is 5.11 Å². The van der Waals surface area contributed by atoms with Crippen LogP contribution >= 0.6 is 11.6 Å². The Labute approximate surface area is 186 Å². The number of carboxylic acids is 1. The summed E-state index contributed by atoms with van der Waals surface area (Å²) in [5.41, 5.74) is 1.56. The molecule has 1 N–H and O–H groups in total. The molecule has 0 saturated heterocycles. The largest absolute Gasteiger partial charge is 0.481 e. The Bertz CT molecular complexity index is 1080. The van der Waals surface area contributed by atoms with Gasteiger partial charge in [0.2, 0.25) is 0 Å². The molecule has 2 aromatic rings. The van der Waals surface area contributed by atoms with E-state index in [9.17, 15) is 18.1 Å². The molecule has 166 valence electrons. The van der Waals surface area contributed by atoms with Gasteiger partial charge in [0.15, 0.2) is 0 Å². The van der Waals surface area contributed by atoms with Crippen LogP contribution in [-0.4, -0.2) is 38.1 Å². The first-order valence-electron chi connectivity index (χ1n) is 9.96. The number of para-hydroxylation sites is 1. The number of unbranched alkanes of at least 4 members (excludes halogenated alkanes) is 3. The van der Waals surface area contributed by atoms with E-state index in [0.717, 1.165) is 12.8 Å². The van der Waals surface area contributed by atoms with Crippen molar-refractivity contribution in [2.24, 2.45) is 5.29 Å². The number of sulfonamides is 1. The molecule has 2 aromatic carbocycles. The predicted molar refractivity (Wildman–Crippen MR) is 119 cm³/mol. The molecule has 3 rings (SSSR count). The van der Waals surface area contributed by atoms with Gasteiger partial charge in [0.05, 0.1) is 15.9 Å². The zero-order chi connectivity index (χ0) is 22.6. The van der Waals surface area contributed by atoms with Gasteiger partial charge in [-0.05, 0) is 31.0 Å². The quantitative estimate of drug-likeness (QED) is 0.330. The molecule has 0 saturated carbocycles. The Morgan fingerprint density at radius 1 is 1.13 bits per heavy atom. The fraction of sp³-hybridized carbons (Fsp3) is 0.381. The number of halogens is 1. The van der Waals surface area contributed by atoms with Gasteiger partial charge in [-0.1, -0.05) is 48.7 Å². The van der Waals surface area contributed by atoms with Crippen molar-refractivity contribution >= 4 is 33.3 Å². The van der Waals surface area contributed by atoms with Gasteiger partial charge in [0.25, 0.3) is 10.0 Å². The molecule has 1 atom stereocenters. The lowest BCUT2D eigenvalue weighted by Gasteiger charge is -2.28. The Balaban J connectivity index is 1.97. The number of aliphatic carboxylic acids is 1. The summed E-state index contributed by atoms with van der Waals surface area (Å²) in [4.78, 5) is 22.5. The maximum absolute atomic E-state index is 13.3. The smallest absolute Gasteiger partial charge is 0.303 e. The van der Waals surface area contributed by atoms with Gasteiger partial charge >= 0.3 is 5.97 Å². The number of nitrogens with zero attached hydrogens (tertiary/aromatic N) is 3. The Hall–Kier alpha value is -2.65. The summed E-state index contributed by atoms with van der Waals surface area (Å²) in [5.74, 6) is -0.827. The van der Waals surface area contributed by atoms with Gasteiger partial charge in [-0.3, -0.25) is 9.10 Å². The third kappa shape index (κ3) is 4.83. The second kappa shape index (κ2) is 9.65. The van der Waals surface area contributed by atoms with Gasteiger partial charge in [-0.25, -0.2) is 13.4 Å². The van der Waals surface area contributed by atoms with Crippen LogP contribution in [0.5, 0.6) is 0 Å². The fourth-order valence-electron chi connectivity index (χ4n) is 3.85. The highest BCUT2D eigenvalue weighted by atomic mass is 35.5. The molecule has 0 radical (unpaired) electrons. The highest BCUT2D eigenvalue weighted by molar-refractivity contribution is 7.92. The van der Waals surface area contributed by atoms with Crippen LogP contribution in [0.1, 0.15) is 49.3 Å². The van der Waals surface area contributed by atoms with Crippen LogP contribution in [0.15, 0.2) is 52.6 Å². The van der Waals surface area contributed by atoms with Crippen molar-refractivity contribution in [2.75, 3.05) is 17.9 Å². The van der Waals surface area contributed by atoms with Crippen molar-refractivity contribution in [2.45, 2.75) is 43.0 Å². The molecule has 1 aliphatic rings. The normalized spacial score (nSPS) is 16.7. The van der Waals surface area contributed by atoms with Crippen molar-refractivity contribution in [3.05, 3.63) is 63.5 Å². The summed E-state index contributed by atoms with van der Waals surface area (Å²) < 4.78 is 27.8. The number of benzene rings is 2. The van der Waals surface area contributed by atoms with Crippen LogP contribution < -0.4 is 4.31 Å². The minimum absolute atomic E-state index is 0.0406. The molecule has 1 heterocycles. The highest BCUT2D eigenvalue weighted by Gasteiger charge is 2.37. The number of carboxylic acid groups (broad SMARTS) is 1. The van der Waals surface area contributed by atoms with Gasteiger partial charge in [0.1, 0.15) is 6.04 Å². The van der Waals surface area contributed by atoms with Crippen LogP contribution in [0, 0.1) is 4.91 Å². The second-order valence-electron chi connectivity index (χ2n) is 7.42. The zero-order valence-electron chi connectivity index (χ0n) is 17.1. The molecule has 0 aliphatic carbocycles. The minimum Gasteiger partial charge on any atom is -0.481 e. The lowest BCUT2D eigenvalue weighted by atomic mass is 9.96. The molecule has 0 aromatic heterocycles. The van der Waals surface area contributed by atoms with E-state index < -0.39 is 22.0 Å². The van der Waals surface area contributed by atoms with Crippen LogP contribution in [0.3, 0.4) is 0 Å². The lowest BCUT2D eigenvalue weighted by molar-refractivity contribution is -0.137. The van der Waals surface area contributed by atoms with E-state index in [1.165, 1.54) is 22.4 Å². The average Bonchev–Trinajstić information content (AvgIpc) is 2.81. The molecular weight excluding hydrogens is 442 g/mol. The number of rotatable bonds is 9. The number of nitroso groups, excluding NO2 is 1. The average molecular weight is 466 g/mol. The van der Waals surface area contributed by atoms with E-state index in [1.807, 2.05) is 0 Å². The van der Waals surface area contributed by atoms with E-state index in [4.69, 9.17) is 16.7 Å². The molecule has 0 spiro atoms. The Kier molecular flexibility index (Phi) is 7.17. The molecule has 31 heavy (non-hydrogen) atoms. The molecular formula is C21H24ClN3O5S. The first kappa shape index (κ1) is 23.0. The van der Waals surface area contributed by atoms with Crippen molar-refractivity contribution < 1.29 is 18.3 Å². The third-order valence-corrected chi connectivity index (χ3v) is 7.47. The van der Waals surface area contributed by atoms with Crippen LogP contribution in [0.25, 0.3) is 0 Å². The molecule has 1 aliphatic heterocycles. The van der Waals surface area contributed by atoms with Gasteiger partial charge in [-0.2, -0.15) is 0 Å². The van der Waals surface area contributed by atoms with E-state index in [1.54, 1.807) is 36.4 Å². The minimum atomic E-state index is -3.89. The Morgan fingerprint density at radius 2 is 1.84 bits per heavy atom. The monoisotopic (exact) mass is 465 g/mol. The number of anilines is 1. The summed E-state index contributed by atoms with van der Waals surface area (Å²) in [6, 6.07) is 11.0. The zero-order valence-corrected chi connectivity index (χ0v) is 18.6. The van der Waals surface area contributed by atoms with Crippen molar-refractivity contribution in [3.8, 4) is 0 Å². The predicted octanol–water partition coefficient (Wildman–Crippen LogP) is 4.59. The van der Waals surface area contributed by atoms with E-state index in [-0.39, 0.29) is 16.3 Å². The number of carbonyl (C=O) groups is 1. The van der Waals surface area contributed by atoms with Crippen LogP contribution in [0.2, 0.25) is 5.02 Å². The molecule has 8 nitrogen and oxygen atoms in total. The summed E-state index contributed by atoms with van der Waals surface area (Å²) in [7, 11) is -2.41. The van der Waals surface area contributed by atoms with E-state index >= 15 is 0 Å². The SMILES string of the molecule is CN1c2ccccc2[C@@H](N(CCCCCCC(=O)O)N=O)c2ccc(Cl)cc2S1(=O)=O. The van der Waals surface area contributed by atoms with Gasteiger partial charge in [0, 0.05) is 36.2 Å². The summed E-state index contributed by atoms with van der Waals surface area (Å²) in [6.45, 7) is 0.307. The number of hydrogen-bond acceptors (Lipinski definition) is 5. The van der Waals surface area contributed by atoms with Crippen molar-refractivity contribution in [1.82, 2.24) is 5.01 Å². The number of fused-ring (bicyclic) bond motifs is 2.